The molecule has 3 aliphatic carbocycles. The minimum atomic E-state index is -0.996. The number of anilines is 1. The van der Waals surface area contributed by atoms with Gasteiger partial charge in [-0.1, -0.05) is 32.0 Å². The lowest BCUT2D eigenvalue weighted by molar-refractivity contribution is -0.248. The van der Waals surface area contributed by atoms with Crippen LogP contribution in [0.5, 0.6) is 0 Å². The second kappa shape index (κ2) is 4.99. The van der Waals surface area contributed by atoms with Gasteiger partial charge in [-0.2, -0.15) is 0 Å². The third-order valence-electron chi connectivity index (χ3n) is 6.11. The molecule has 0 saturated heterocycles. The molecule has 0 aliphatic heterocycles. The molecule has 1 aromatic rings. The highest BCUT2D eigenvalue weighted by molar-refractivity contribution is 5.46. The average Bonchev–Trinajstić information content (AvgIpc) is 2.48. The Morgan fingerprint density at radius 2 is 1.86 bits per heavy atom. The van der Waals surface area contributed by atoms with Gasteiger partial charge in [-0.05, 0) is 49.1 Å². The smallest absolute Gasteiger partial charge is 0.111 e. The van der Waals surface area contributed by atoms with Crippen LogP contribution in [0.25, 0.3) is 0 Å². The monoisotopic (exact) mass is 289 g/mol. The van der Waals surface area contributed by atoms with Gasteiger partial charge in [0, 0.05) is 18.8 Å². The summed E-state index contributed by atoms with van der Waals surface area (Å²) in [6, 6.07) is 10.2. The molecule has 0 spiro atoms. The lowest BCUT2D eigenvalue weighted by atomic mass is 9.43. The van der Waals surface area contributed by atoms with Crippen molar-refractivity contribution in [1.82, 2.24) is 0 Å². The van der Waals surface area contributed by atoms with E-state index < -0.39 is 11.7 Å². The molecular weight excluding hydrogens is 262 g/mol. The molecule has 4 atom stereocenters. The molecule has 0 heterocycles. The van der Waals surface area contributed by atoms with Gasteiger partial charge in [0.2, 0.25) is 0 Å². The van der Waals surface area contributed by atoms with Crippen molar-refractivity contribution in [3.8, 4) is 0 Å². The molecule has 21 heavy (non-hydrogen) atoms. The van der Waals surface area contributed by atoms with Crippen molar-refractivity contribution in [3.63, 3.8) is 0 Å². The Hall–Kier alpha value is -1.06. The summed E-state index contributed by atoms with van der Waals surface area (Å²) in [5.41, 5.74) is 0.258. The highest BCUT2D eigenvalue weighted by Gasteiger charge is 2.64. The lowest BCUT2D eigenvalue weighted by Gasteiger charge is -2.65. The minimum absolute atomic E-state index is 0.143. The summed E-state index contributed by atoms with van der Waals surface area (Å²) in [4.78, 5) is 2.18. The van der Waals surface area contributed by atoms with Crippen LogP contribution in [-0.2, 0) is 0 Å². The predicted molar refractivity (Wildman–Crippen MR) is 85.3 cm³/mol. The first-order valence-electron chi connectivity index (χ1n) is 8.10. The molecule has 0 amide bonds. The molecule has 0 radical (unpaired) electrons. The lowest BCUT2D eigenvalue weighted by Crippen LogP contribution is -2.70. The van der Waals surface area contributed by atoms with Gasteiger partial charge in [-0.3, -0.25) is 0 Å². The molecular formula is C18H27NO2. The highest BCUT2D eigenvalue weighted by Crippen LogP contribution is 2.62. The maximum absolute atomic E-state index is 11.3. The summed E-state index contributed by atoms with van der Waals surface area (Å²) in [5, 5.41) is 21.7. The first-order valence-corrected chi connectivity index (χ1v) is 8.10. The van der Waals surface area contributed by atoms with Gasteiger partial charge in [0.25, 0.3) is 0 Å². The van der Waals surface area contributed by atoms with Crippen LogP contribution in [0, 0.1) is 17.3 Å². The van der Waals surface area contributed by atoms with Crippen molar-refractivity contribution >= 4 is 5.69 Å². The van der Waals surface area contributed by atoms with Crippen molar-refractivity contribution in [3.05, 3.63) is 30.3 Å². The van der Waals surface area contributed by atoms with Gasteiger partial charge in [0.1, 0.15) is 5.60 Å². The number of para-hydroxylation sites is 1. The number of benzene rings is 1. The van der Waals surface area contributed by atoms with Crippen molar-refractivity contribution in [2.45, 2.75) is 45.3 Å². The molecule has 2 N–H and O–H groups in total. The van der Waals surface area contributed by atoms with E-state index in [0.717, 1.165) is 25.1 Å². The molecule has 1 aromatic carbocycles. The second-order valence-corrected chi connectivity index (χ2v) is 7.40. The predicted octanol–water partition coefficient (Wildman–Crippen LogP) is 2.67. The molecule has 0 unspecified atom stereocenters. The number of aliphatic hydroxyl groups excluding tert-OH is 1. The van der Waals surface area contributed by atoms with Crippen LogP contribution in [0.1, 0.15) is 33.6 Å². The van der Waals surface area contributed by atoms with Crippen molar-refractivity contribution < 1.29 is 10.2 Å². The van der Waals surface area contributed by atoms with Crippen LogP contribution in [0.2, 0.25) is 0 Å². The zero-order valence-corrected chi connectivity index (χ0v) is 13.3. The molecule has 116 valence electrons. The average molecular weight is 289 g/mol. The zero-order chi connectivity index (χ0) is 15.3. The van der Waals surface area contributed by atoms with E-state index in [1.165, 1.54) is 0 Å². The Labute approximate surface area is 127 Å². The fourth-order valence-electron chi connectivity index (χ4n) is 4.52. The number of hydrogen-bond donors (Lipinski definition) is 2. The Kier molecular flexibility index (Phi) is 3.53. The van der Waals surface area contributed by atoms with Gasteiger partial charge < -0.3 is 15.1 Å². The third-order valence-corrected chi connectivity index (χ3v) is 6.11. The van der Waals surface area contributed by atoms with Crippen LogP contribution in [0.4, 0.5) is 5.69 Å². The molecule has 3 heteroatoms. The normalized spacial score (nSPS) is 36.9. The number of fused-ring (bicyclic) bond motifs is 2. The Balaban J connectivity index is 1.84. The summed E-state index contributed by atoms with van der Waals surface area (Å²) >= 11 is 0. The van der Waals surface area contributed by atoms with Crippen LogP contribution in [0.15, 0.2) is 30.3 Å². The molecule has 0 aromatic heterocycles. The Bertz CT molecular complexity index is 501. The quantitative estimate of drug-likeness (QED) is 0.895. The molecule has 3 aliphatic rings. The fourth-order valence-corrected chi connectivity index (χ4v) is 4.52. The number of hydrogen-bond acceptors (Lipinski definition) is 3. The zero-order valence-electron chi connectivity index (χ0n) is 13.3. The summed E-state index contributed by atoms with van der Waals surface area (Å²) < 4.78 is 0. The molecule has 2 bridgehead atoms. The first-order chi connectivity index (χ1) is 9.89. The van der Waals surface area contributed by atoms with Crippen molar-refractivity contribution in [1.29, 1.82) is 0 Å². The number of likely N-dealkylation sites (N-methyl/N-ethyl adjacent to an activating group) is 1. The van der Waals surface area contributed by atoms with E-state index in [1.54, 1.807) is 0 Å². The third kappa shape index (κ3) is 2.18. The number of nitrogens with zero attached hydrogens (tertiary/aromatic N) is 1. The second-order valence-electron chi connectivity index (χ2n) is 7.40. The van der Waals surface area contributed by atoms with E-state index in [9.17, 15) is 10.2 Å². The summed E-state index contributed by atoms with van der Waals surface area (Å²) in [6.45, 7) is 7.91. The van der Waals surface area contributed by atoms with E-state index in [-0.39, 0.29) is 11.3 Å². The van der Waals surface area contributed by atoms with E-state index in [0.29, 0.717) is 12.5 Å². The summed E-state index contributed by atoms with van der Waals surface area (Å²) in [5.74, 6) is 0.751. The van der Waals surface area contributed by atoms with Crippen molar-refractivity contribution in [2.24, 2.45) is 17.3 Å². The summed E-state index contributed by atoms with van der Waals surface area (Å²) in [6.07, 6.45) is 1.17. The van der Waals surface area contributed by atoms with Gasteiger partial charge in [0.15, 0.2) is 0 Å². The van der Waals surface area contributed by atoms with E-state index in [4.69, 9.17) is 0 Å². The van der Waals surface area contributed by atoms with Crippen LogP contribution in [0.3, 0.4) is 0 Å². The molecule has 3 fully saturated rings. The van der Waals surface area contributed by atoms with Crippen LogP contribution < -0.4 is 4.90 Å². The highest BCUT2D eigenvalue weighted by atomic mass is 16.3. The van der Waals surface area contributed by atoms with E-state index >= 15 is 0 Å². The minimum Gasteiger partial charge on any atom is -0.390 e. The van der Waals surface area contributed by atoms with Gasteiger partial charge >= 0.3 is 0 Å². The SMILES string of the molecule is CCN(C[C@@]1(O)[C@@H]2C[C@H](C[C@@H]1O)C2(C)C)c1ccccc1. The molecule has 3 nitrogen and oxygen atoms in total. The Morgan fingerprint density at radius 1 is 1.19 bits per heavy atom. The largest absolute Gasteiger partial charge is 0.390 e. The van der Waals surface area contributed by atoms with Crippen LogP contribution >= 0.6 is 0 Å². The molecule has 4 rings (SSSR count). The molecule has 3 saturated carbocycles. The maximum Gasteiger partial charge on any atom is 0.111 e. The fraction of sp³-hybridized carbons (Fsp3) is 0.667. The van der Waals surface area contributed by atoms with E-state index in [2.05, 4.69) is 37.8 Å². The Morgan fingerprint density at radius 3 is 2.43 bits per heavy atom. The summed E-state index contributed by atoms with van der Waals surface area (Å²) in [7, 11) is 0. The van der Waals surface area contributed by atoms with Gasteiger partial charge in [-0.15, -0.1) is 0 Å². The van der Waals surface area contributed by atoms with Gasteiger partial charge in [0.05, 0.1) is 6.10 Å². The first kappa shape index (κ1) is 14.9. The van der Waals surface area contributed by atoms with Crippen molar-refractivity contribution in [2.75, 3.05) is 18.0 Å². The van der Waals surface area contributed by atoms with Gasteiger partial charge in [-0.25, -0.2) is 0 Å². The number of aliphatic hydroxyl groups is 2. The maximum atomic E-state index is 11.3. The standard InChI is InChI=1S/C18H27NO2/c1-4-19(14-8-6-5-7-9-14)12-18(21)15-10-13(11-16(18)20)17(15,2)3/h5-9,13,15-16,20-21H,4,10-12H2,1-3H3/t13-,15-,16+,18-/m1/s1. The topological polar surface area (TPSA) is 43.7 Å². The van der Waals surface area contributed by atoms with E-state index in [1.807, 2.05) is 18.2 Å². The number of rotatable bonds is 4. The van der Waals surface area contributed by atoms with Crippen LogP contribution in [-0.4, -0.2) is 35.0 Å².